The van der Waals surface area contributed by atoms with E-state index < -0.39 is 0 Å². The van der Waals surface area contributed by atoms with Crippen LogP contribution in [0, 0.1) is 0 Å². The Labute approximate surface area is 161 Å². The fourth-order valence-corrected chi connectivity index (χ4v) is 2.42. The largest absolute Gasteiger partial charge is 0.497 e. The second kappa shape index (κ2) is 8.63. The Morgan fingerprint density at radius 3 is 2.25 bits per heavy atom. The van der Waals surface area contributed by atoms with Crippen LogP contribution in [0.25, 0.3) is 0 Å². The number of aromatic nitrogens is 2. The molecule has 0 unspecified atom stereocenters. The van der Waals surface area contributed by atoms with Crippen LogP contribution in [0.3, 0.4) is 0 Å². The van der Waals surface area contributed by atoms with Crippen LogP contribution in [0.2, 0.25) is 0 Å². The van der Waals surface area contributed by atoms with E-state index in [1.807, 2.05) is 6.07 Å². The van der Waals surface area contributed by atoms with Gasteiger partial charge in [-0.05, 0) is 54.6 Å². The lowest BCUT2D eigenvalue weighted by Crippen LogP contribution is -2.14. The van der Waals surface area contributed by atoms with Crippen LogP contribution in [0.4, 0.5) is 22.9 Å². The number of anilines is 4. The third-order valence-corrected chi connectivity index (χ3v) is 3.70. The summed E-state index contributed by atoms with van der Waals surface area (Å²) in [5, 5.41) is 16.5. The molecule has 3 rings (SSSR count). The van der Waals surface area contributed by atoms with Crippen molar-refractivity contribution in [3.63, 3.8) is 0 Å². The van der Waals surface area contributed by atoms with Gasteiger partial charge in [-0.3, -0.25) is 9.59 Å². The van der Waals surface area contributed by atoms with Crippen LogP contribution in [0.1, 0.15) is 17.4 Å². The van der Waals surface area contributed by atoms with Crippen LogP contribution >= 0.6 is 0 Å². The van der Waals surface area contributed by atoms with Crippen LogP contribution in [-0.4, -0.2) is 29.1 Å². The first-order chi connectivity index (χ1) is 13.5. The molecule has 0 radical (unpaired) electrons. The summed E-state index contributed by atoms with van der Waals surface area (Å²) in [7, 11) is 1.58. The maximum atomic E-state index is 12.3. The number of nitrogens with one attached hydrogen (secondary N) is 3. The van der Waals surface area contributed by atoms with E-state index in [9.17, 15) is 9.59 Å². The molecule has 2 aromatic carbocycles. The predicted molar refractivity (Wildman–Crippen MR) is 107 cm³/mol. The molecular formula is C20H19N5O3. The summed E-state index contributed by atoms with van der Waals surface area (Å²) in [6.07, 6.45) is 0. The lowest BCUT2D eigenvalue weighted by Gasteiger charge is -2.08. The molecule has 3 aromatic rings. The maximum Gasteiger partial charge on any atom is 0.276 e. The first kappa shape index (κ1) is 18.8. The zero-order valence-corrected chi connectivity index (χ0v) is 15.4. The fraction of sp³-hybridized carbons (Fsp3) is 0.100. The van der Waals surface area contributed by atoms with Gasteiger partial charge in [0.1, 0.15) is 5.75 Å². The number of rotatable bonds is 6. The summed E-state index contributed by atoms with van der Waals surface area (Å²) in [6, 6.07) is 17.4. The smallest absolute Gasteiger partial charge is 0.276 e. The van der Waals surface area contributed by atoms with Gasteiger partial charge in [0.05, 0.1) is 7.11 Å². The van der Waals surface area contributed by atoms with Gasteiger partial charge in [0.15, 0.2) is 11.5 Å². The third kappa shape index (κ3) is 5.04. The second-order valence-electron chi connectivity index (χ2n) is 5.87. The summed E-state index contributed by atoms with van der Waals surface area (Å²) in [6.45, 7) is 1.45. The Bertz CT molecular complexity index is 972. The van der Waals surface area contributed by atoms with E-state index in [-0.39, 0.29) is 17.5 Å². The Hall–Kier alpha value is -3.94. The monoisotopic (exact) mass is 377 g/mol. The predicted octanol–water partition coefficient (Wildman–Crippen LogP) is 3.44. The lowest BCUT2D eigenvalue weighted by molar-refractivity contribution is -0.114. The fourth-order valence-electron chi connectivity index (χ4n) is 2.42. The lowest BCUT2D eigenvalue weighted by atomic mass is 10.2. The maximum absolute atomic E-state index is 12.3. The minimum Gasteiger partial charge on any atom is -0.497 e. The highest BCUT2D eigenvalue weighted by Gasteiger charge is 2.09. The highest BCUT2D eigenvalue weighted by Crippen LogP contribution is 2.19. The molecule has 0 aliphatic heterocycles. The van der Waals surface area contributed by atoms with Crippen molar-refractivity contribution in [3.8, 4) is 5.75 Å². The summed E-state index contributed by atoms with van der Waals surface area (Å²) in [5.74, 6) is 0.665. The van der Waals surface area contributed by atoms with Crippen LogP contribution in [-0.2, 0) is 4.79 Å². The number of hydrogen-bond acceptors (Lipinski definition) is 6. The van der Waals surface area contributed by atoms with Crippen LogP contribution in [0.15, 0.2) is 60.7 Å². The molecule has 0 atom stereocenters. The van der Waals surface area contributed by atoms with Gasteiger partial charge in [0.25, 0.3) is 5.91 Å². The number of carbonyl (C=O) groups is 2. The van der Waals surface area contributed by atoms with Crippen molar-refractivity contribution in [1.82, 2.24) is 10.2 Å². The molecule has 0 spiro atoms. The van der Waals surface area contributed by atoms with Gasteiger partial charge in [-0.15, -0.1) is 10.2 Å². The zero-order chi connectivity index (χ0) is 19.9. The number of amides is 2. The average molecular weight is 377 g/mol. The van der Waals surface area contributed by atoms with Crippen molar-refractivity contribution in [2.24, 2.45) is 0 Å². The molecule has 0 saturated carbocycles. The molecule has 0 aliphatic carbocycles. The van der Waals surface area contributed by atoms with E-state index in [0.717, 1.165) is 5.69 Å². The van der Waals surface area contributed by atoms with Crippen molar-refractivity contribution < 1.29 is 14.3 Å². The number of hydrogen-bond donors (Lipinski definition) is 3. The number of ether oxygens (including phenoxy) is 1. The number of benzene rings is 2. The normalized spacial score (nSPS) is 10.1. The van der Waals surface area contributed by atoms with Gasteiger partial charge in [-0.1, -0.05) is 6.07 Å². The first-order valence-corrected chi connectivity index (χ1v) is 8.47. The molecule has 28 heavy (non-hydrogen) atoms. The second-order valence-corrected chi connectivity index (χ2v) is 5.87. The van der Waals surface area contributed by atoms with Gasteiger partial charge < -0.3 is 20.7 Å². The Kier molecular flexibility index (Phi) is 5.81. The molecule has 1 heterocycles. The quantitative estimate of drug-likeness (QED) is 0.608. The Balaban J connectivity index is 1.64. The molecule has 8 nitrogen and oxygen atoms in total. The highest BCUT2D eigenvalue weighted by atomic mass is 16.5. The van der Waals surface area contributed by atoms with Crippen molar-refractivity contribution in [2.75, 3.05) is 23.1 Å². The van der Waals surface area contributed by atoms with Crippen molar-refractivity contribution in [3.05, 3.63) is 66.4 Å². The summed E-state index contributed by atoms with van der Waals surface area (Å²) >= 11 is 0. The van der Waals surface area contributed by atoms with E-state index in [1.54, 1.807) is 61.7 Å². The highest BCUT2D eigenvalue weighted by molar-refractivity contribution is 6.02. The van der Waals surface area contributed by atoms with Crippen molar-refractivity contribution >= 4 is 34.7 Å². The van der Waals surface area contributed by atoms with Gasteiger partial charge in [-0.2, -0.15) is 0 Å². The van der Waals surface area contributed by atoms with Crippen LogP contribution in [0.5, 0.6) is 5.75 Å². The number of carbonyl (C=O) groups excluding carboxylic acids is 2. The van der Waals surface area contributed by atoms with E-state index >= 15 is 0 Å². The first-order valence-electron chi connectivity index (χ1n) is 8.47. The molecule has 0 fully saturated rings. The molecule has 2 amide bonds. The summed E-state index contributed by atoms with van der Waals surface area (Å²) < 4.78 is 5.08. The van der Waals surface area contributed by atoms with Gasteiger partial charge in [-0.25, -0.2) is 0 Å². The van der Waals surface area contributed by atoms with Crippen molar-refractivity contribution in [2.45, 2.75) is 6.92 Å². The van der Waals surface area contributed by atoms with Gasteiger partial charge in [0, 0.05) is 24.0 Å². The minimum atomic E-state index is -0.364. The third-order valence-electron chi connectivity index (χ3n) is 3.70. The number of methoxy groups -OCH3 is 1. The molecule has 0 saturated heterocycles. The molecule has 0 aliphatic rings. The van der Waals surface area contributed by atoms with Gasteiger partial charge in [0.2, 0.25) is 5.91 Å². The summed E-state index contributed by atoms with van der Waals surface area (Å²) in [5.41, 5.74) is 2.22. The average Bonchev–Trinajstić information content (AvgIpc) is 2.69. The van der Waals surface area contributed by atoms with E-state index in [0.29, 0.717) is 22.9 Å². The zero-order valence-electron chi connectivity index (χ0n) is 15.4. The SMILES string of the molecule is COc1ccc(NC(=O)c2ccc(Nc3cccc(NC(C)=O)c3)nn2)cc1. The molecule has 8 heteroatoms. The van der Waals surface area contributed by atoms with Crippen LogP contribution < -0.4 is 20.7 Å². The molecule has 142 valence electrons. The molecule has 0 bridgehead atoms. The van der Waals surface area contributed by atoms with E-state index in [2.05, 4.69) is 26.1 Å². The topological polar surface area (TPSA) is 105 Å². The van der Waals surface area contributed by atoms with Gasteiger partial charge >= 0.3 is 0 Å². The molecule has 1 aromatic heterocycles. The van der Waals surface area contributed by atoms with E-state index in [1.165, 1.54) is 6.92 Å². The molecular weight excluding hydrogens is 358 g/mol. The standard InChI is InChI=1S/C20H19N5O3/c1-13(26)21-15-4-3-5-16(12-15)22-19-11-10-18(24-25-19)20(27)23-14-6-8-17(28-2)9-7-14/h3-12H,1-2H3,(H,21,26)(H,22,25)(H,23,27). The van der Waals surface area contributed by atoms with Crippen molar-refractivity contribution in [1.29, 1.82) is 0 Å². The Morgan fingerprint density at radius 1 is 0.857 bits per heavy atom. The minimum absolute atomic E-state index is 0.149. The van der Waals surface area contributed by atoms with E-state index in [4.69, 9.17) is 4.74 Å². The summed E-state index contributed by atoms with van der Waals surface area (Å²) in [4.78, 5) is 23.4. The Morgan fingerprint density at radius 2 is 1.61 bits per heavy atom. The molecule has 3 N–H and O–H groups in total. The number of nitrogens with zero attached hydrogens (tertiary/aromatic N) is 2.